The van der Waals surface area contributed by atoms with E-state index in [4.69, 9.17) is 11.6 Å². The van der Waals surface area contributed by atoms with Gasteiger partial charge in [-0.3, -0.25) is 14.5 Å². The second kappa shape index (κ2) is 8.26. The van der Waals surface area contributed by atoms with Crippen LogP contribution in [0, 0.1) is 18.6 Å². The van der Waals surface area contributed by atoms with E-state index in [1.54, 1.807) is 0 Å². The van der Waals surface area contributed by atoms with Crippen LogP contribution in [0.1, 0.15) is 11.3 Å². The Balaban J connectivity index is 2.08. The van der Waals surface area contributed by atoms with Crippen LogP contribution in [0.4, 0.5) is 33.5 Å². The summed E-state index contributed by atoms with van der Waals surface area (Å²) < 4.78 is 67.3. The number of hydrogen-bond acceptors (Lipinski definition) is 5. The Morgan fingerprint density at radius 3 is 2.38 bits per heavy atom. The highest BCUT2D eigenvalue weighted by Gasteiger charge is 2.53. The summed E-state index contributed by atoms with van der Waals surface area (Å²) in [5, 5.41) is 19.8. The molecule has 2 unspecified atom stereocenters. The summed E-state index contributed by atoms with van der Waals surface area (Å²) in [6.07, 6.45) is -9.05. The molecule has 0 aliphatic carbocycles. The number of benzene rings is 1. The molecule has 3 atom stereocenters. The molecule has 1 aromatic carbocycles. The summed E-state index contributed by atoms with van der Waals surface area (Å²) in [5.74, 6) is -5.44. The number of nitrogens with zero attached hydrogens (tertiary/aromatic N) is 3. The van der Waals surface area contributed by atoms with Gasteiger partial charge in [-0.1, -0.05) is 11.6 Å². The van der Waals surface area contributed by atoms with Gasteiger partial charge in [0.25, 0.3) is 11.8 Å². The van der Waals surface area contributed by atoms with Gasteiger partial charge in [-0.05, 0) is 25.1 Å². The van der Waals surface area contributed by atoms with Crippen LogP contribution in [0.25, 0.3) is 0 Å². The lowest BCUT2D eigenvalue weighted by Gasteiger charge is -2.29. The second-order valence-electron chi connectivity index (χ2n) is 7.06. The third-order valence-corrected chi connectivity index (χ3v) is 5.15. The predicted molar refractivity (Wildman–Crippen MR) is 102 cm³/mol. The molecule has 2 heterocycles. The zero-order valence-corrected chi connectivity index (χ0v) is 17.1. The number of likely N-dealkylation sites (N-methyl/N-ethyl adjacent to an activating group) is 1. The first-order valence-corrected chi connectivity index (χ1v) is 9.29. The van der Waals surface area contributed by atoms with E-state index in [-0.39, 0.29) is 5.69 Å². The monoisotopic (exact) mass is 479 g/mol. The third kappa shape index (κ3) is 4.12. The van der Waals surface area contributed by atoms with Crippen LogP contribution in [0.3, 0.4) is 0 Å². The van der Waals surface area contributed by atoms with Crippen LogP contribution in [0.2, 0.25) is 5.02 Å². The molecule has 0 spiro atoms. The van der Waals surface area contributed by atoms with Crippen molar-refractivity contribution in [2.75, 3.05) is 16.8 Å². The fourth-order valence-corrected chi connectivity index (χ4v) is 3.45. The highest BCUT2D eigenvalue weighted by molar-refractivity contribution is 6.31. The first kappa shape index (κ1) is 23.8. The molecule has 0 radical (unpaired) electrons. The van der Waals surface area contributed by atoms with E-state index in [1.165, 1.54) is 6.92 Å². The third-order valence-electron chi connectivity index (χ3n) is 4.86. The van der Waals surface area contributed by atoms with Crippen molar-refractivity contribution in [2.24, 2.45) is 0 Å². The first-order valence-electron chi connectivity index (χ1n) is 8.91. The molecule has 0 bridgehead atoms. The number of hydrogen-bond donors (Lipinski definition) is 2. The van der Waals surface area contributed by atoms with Gasteiger partial charge in [-0.25, -0.2) is 13.8 Å². The Morgan fingerprint density at radius 2 is 1.78 bits per heavy atom. The lowest BCUT2D eigenvalue weighted by atomic mass is 10.1. The lowest BCUT2D eigenvalue weighted by Crippen LogP contribution is -2.50. The molecule has 3 rings (SSSR count). The molecule has 1 aliphatic rings. The van der Waals surface area contributed by atoms with Crippen LogP contribution in [-0.4, -0.2) is 52.3 Å². The fraction of sp³-hybridized carbons (Fsp3) is 0.316. The van der Waals surface area contributed by atoms with E-state index >= 15 is 0 Å². The van der Waals surface area contributed by atoms with E-state index in [1.807, 2.05) is 0 Å². The van der Waals surface area contributed by atoms with Gasteiger partial charge in [-0.2, -0.15) is 13.2 Å². The Bertz CT molecular complexity index is 1100. The van der Waals surface area contributed by atoms with Gasteiger partial charge in [0.15, 0.2) is 6.10 Å². The number of aromatic nitrogens is 1. The molecular weight excluding hydrogens is 465 g/mol. The number of rotatable bonds is 3. The number of aliphatic hydroxyl groups excluding tert-OH is 2. The lowest BCUT2D eigenvalue weighted by molar-refractivity contribution is -0.137. The van der Waals surface area contributed by atoms with Gasteiger partial charge in [0, 0.05) is 18.8 Å². The Hall–Kier alpha value is -2.83. The van der Waals surface area contributed by atoms with Crippen molar-refractivity contribution < 1.29 is 41.8 Å². The topological polar surface area (TPSA) is 94.0 Å². The summed E-state index contributed by atoms with van der Waals surface area (Å²) in [6, 6.07) is 0.408. The van der Waals surface area contributed by atoms with Crippen LogP contribution in [0.15, 0.2) is 24.3 Å². The van der Waals surface area contributed by atoms with Crippen molar-refractivity contribution in [2.45, 2.75) is 31.3 Å². The number of pyridine rings is 1. The molecule has 2 amide bonds. The van der Waals surface area contributed by atoms with Crippen LogP contribution in [-0.2, 0) is 15.8 Å². The number of alkyl halides is 3. The molecule has 1 fully saturated rings. The predicted octanol–water partition coefficient (Wildman–Crippen LogP) is 2.44. The number of amides is 2. The summed E-state index contributed by atoms with van der Waals surface area (Å²) in [4.78, 5) is 30.4. The van der Waals surface area contributed by atoms with Gasteiger partial charge < -0.3 is 15.1 Å². The average Bonchev–Trinajstić information content (AvgIpc) is 2.92. The molecule has 1 aliphatic heterocycles. The van der Waals surface area contributed by atoms with E-state index in [2.05, 4.69) is 4.98 Å². The van der Waals surface area contributed by atoms with Crippen LogP contribution >= 0.6 is 11.6 Å². The minimum atomic E-state index is -4.81. The van der Waals surface area contributed by atoms with Crippen LogP contribution < -0.4 is 9.80 Å². The molecule has 32 heavy (non-hydrogen) atoms. The second-order valence-corrected chi connectivity index (χ2v) is 7.46. The summed E-state index contributed by atoms with van der Waals surface area (Å²) >= 11 is 5.62. The maximum atomic E-state index is 14.2. The molecule has 7 nitrogen and oxygen atoms in total. The Labute approximate surface area is 182 Å². The zero-order valence-electron chi connectivity index (χ0n) is 16.4. The molecule has 2 N–H and O–H groups in total. The minimum absolute atomic E-state index is 0.158. The molecule has 1 aromatic heterocycles. The van der Waals surface area contributed by atoms with E-state index < -0.39 is 70.0 Å². The molecular formula is C19H15ClF5N3O4. The molecule has 172 valence electrons. The maximum Gasteiger partial charge on any atom is 0.416 e. The largest absolute Gasteiger partial charge is 0.416 e. The van der Waals surface area contributed by atoms with Crippen molar-refractivity contribution in [1.82, 2.24) is 4.98 Å². The standard InChI is InChI=1S/C19H15ClF5N3O4/c1-7-3-8(19(23,24)25)4-13(26-7)28-14(15(29)16(30)18(28)32)17(31)27(2)12-5-9(20)10(21)6-11(12)22/h3-6,14-16,29-30H,1-2H3/t14?,15?,16-/m0/s1. The highest BCUT2D eigenvalue weighted by Crippen LogP contribution is 2.35. The Morgan fingerprint density at radius 1 is 1.16 bits per heavy atom. The normalized spacial score (nSPS) is 21.2. The SMILES string of the molecule is Cc1cc(C(F)(F)F)cc(N2C(=O)[C@@H](O)C(O)C2C(=O)N(C)c2cc(Cl)c(F)cc2F)n1. The van der Waals surface area contributed by atoms with Gasteiger partial charge in [-0.15, -0.1) is 0 Å². The number of carbonyl (C=O) groups is 2. The van der Waals surface area contributed by atoms with Gasteiger partial charge in [0.1, 0.15) is 29.6 Å². The van der Waals surface area contributed by atoms with Gasteiger partial charge >= 0.3 is 6.18 Å². The molecule has 0 saturated carbocycles. The van der Waals surface area contributed by atoms with Crippen molar-refractivity contribution in [3.63, 3.8) is 0 Å². The number of anilines is 2. The summed E-state index contributed by atoms with van der Waals surface area (Å²) in [7, 11) is 1.01. The zero-order chi connectivity index (χ0) is 24.1. The molecule has 13 heteroatoms. The van der Waals surface area contributed by atoms with Crippen molar-refractivity contribution in [1.29, 1.82) is 0 Å². The van der Waals surface area contributed by atoms with E-state index in [9.17, 15) is 41.8 Å². The maximum absolute atomic E-state index is 14.2. The number of halogens is 6. The van der Waals surface area contributed by atoms with E-state index in [0.717, 1.165) is 13.1 Å². The van der Waals surface area contributed by atoms with Crippen LogP contribution in [0.5, 0.6) is 0 Å². The number of carbonyl (C=O) groups excluding carboxylic acids is 2. The van der Waals surface area contributed by atoms with E-state index in [0.29, 0.717) is 28.0 Å². The van der Waals surface area contributed by atoms with Crippen molar-refractivity contribution in [3.8, 4) is 0 Å². The summed E-state index contributed by atoms with van der Waals surface area (Å²) in [5.41, 5.74) is -1.87. The highest BCUT2D eigenvalue weighted by atomic mass is 35.5. The fourth-order valence-electron chi connectivity index (χ4n) is 3.29. The van der Waals surface area contributed by atoms with Crippen molar-refractivity contribution >= 4 is 34.9 Å². The summed E-state index contributed by atoms with van der Waals surface area (Å²) in [6.45, 7) is 1.21. The van der Waals surface area contributed by atoms with Crippen molar-refractivity contribution in [3.05, 3.63) is 52.2 Å². The number of aliphatic hydroxyl groups is 2. The quantitative estimate of drug-likeness (QED) is 0.521. The first-order chi connectivity index (χ1) is 14.7. The Kier molecular flexibility index (Phi) is 6.15. The minimum Gasteiger partial charge on any atom is -0.387 e. The number of aryl methyl sites for hydroxylation is 1. The van der Waals surface area contributed by atoms with Gasteiger partial charge in [0.2, 0.25) is 0 Å². The average molecular weight is 480 g/mol. The smallest absolute Gasteiger partial charge is 0.387 e. The molecule has 2 aromatic rings. The molecule has 1 saturated heterocycles. The van der Waals surface area contributed by atoms with Gasteiger partial charge in [0.05, 0.1) is 16.3 Å².